The fourth-order valence-corrected chi connectivity index (χ4v) is 3.66. The molecule has 4 nitrogen and oxygen atoms in total. The van der Waals surface area contributed by atoms with Crippen LogP contribution in [0.1, 0.15) is 24.0 Å². The summed E-state index contributed by atoms with van der Waals surface area (Å²) in [5, 5.41) is 0.692. The van der Waals surface area contributed by atoms with E-state index in [0.29, 0.717) is 18.1 Å². The number of ether oxygens (including phenoxy) is 1. The molecule has 0 saturated carbocycles. The summed E-state index contributed by atoms with van der Waals surface area (Å²) < 4.78 is 5.22. The number of hydrogen-bond acceptors (Lipinski definition) is 3. The number of likely N-dealkylation sites (N-methyl/N-ethyl adjacent to an activating group) is 1. The molecule has 1 atom stereocenters. The van der Waals surface area contributed by atoms with E-state index in [2.05, 4.69) is 4.90 Å². The summed E-state index contributed by atoms with van der Waals surface area (Å²) in [6.45, 7) is 2.10. The molecule has 0 spiro atoms. The van der Waals surface area contributed by atoms with Gasteiger partial charge >= 0.3 is 0 Å². The maximum absolute atomic E-state index is 13.2. The number of benzene rings is 2. The van der Waals surface area contributed by atoms with Crippen LogP contribution < -0.4 is 4.74 Å². The second-order valence-electron chi connectivity index (χ2n) is 6.81. The SMILES string of the molecule is COc1ccc(CN(Cc2cccc(Cl)c2)C(=O)[C@@H]2CCCN2C)cc1. The van der Waals surface area contributed by atoms with Crippen molar-refractivity contribution in [1.29, 1.82) is 0 Å². The Kier molecular flexibility index (Phi) is 6.17. The number of carbonyl (C=O) groups is 1. The maximum atomic E-state index is 13.2. The van der Waals surface area contributed by atoms with Crippen LogP contribution in [0.3, 0.4) is 0 Å². The molecule has 0 bridgehead atoms. The molecule has 138 valence electrons. The van der Waals surface area contributed by atoms with Gasteiger partial charge in [0.25, 0.3) is 0 Å². The topological polar surface area (TPSA) is 32.8 Å². The van der Waals surface area contributed by atoms with Crippen molar-refractivity contribution < 1.29 is 9.53 Å². The van der Waals surface area contributed by atoms with Crippen LogP contribution >= 0.6 is 11.6 Å². The molecule has 0 aromatic heterocycles. The number of likely N-dealkylation sites (tertiary alicyclic amines) is 1. The fraction of sp³-hybridized carbons (Fsp3) is 0.381. The van der Waals surface area contributed by atoms with Gasteiger partial charge in [0.2, 0.25) is 5.91 Å². The Morgan fingerprint density at radius 1 is 1.19 bits per heavy atom. The normalized spacial score (nSPS) is 17.3. The minimum Gasteiger partial charge on any atom is -0.497 e. The molecule has 1 saturated heterocycles. The first-order chi connectivity index (χ1) is 12.6. The average molecular weight is 373 g/mol. The van der Waals surface area contributed by atoms with Gasteiger partial charge < -0.3 is 9.64 Å². The van der Waals surface area contributed by atoms with Gasteiger partial charge in [0.15, 0.2) is 0 Å². The first-order valence-electron chi connectivity index (χ1n) is 8.93. The first kappa shape index (κ1) is 18.7. The molecule has 1 fully saturated rings. The van der Waals surface area contributed by atoms with Gasteiger partial charge in [-0.25, -0.2) is 0 Å². The van der Waals surface area contributed by atoms with Gasteiger partial charge in [-0.1, -0.05) is 35.9 Å². The predicted octanol–water partition coefficient (Wildman–Crippen LogP) is 3.97. The van der Waals surface area contributed by atoms with Crippen molar-refractivity contribution in [2.45, 2.75) is 32.0 Å². The molecule has 0 radical (unpaired) electrons. The summed E-state index contributed by atoms with van der Waals surface area (Å²) in [6, 6.07) is 15.6. The Labute approximate surface area is 160 Å². The van der Waals surface area contributed by atoms with Crippen LogP contribution in [0.4, 0.5) is 0 Å². The minimum atomic E-state index is -0.0348. The van der Waals surface area contributed by atoms with Gasteiger partial charge in [-0.3, -0.25) is 9.69 Å². The minimum absolute atomic E-state index is 0.0348. The fourth-order valence-electron chi connectivity index (χ4n) is 3.45. The molecule has 0 N–H and O–H groups in total. The Balaban J connectivity index is 1.81. The Bertz CT molecular complexity index is 748. The van der Waals surface area contributed by atoms with Crippen LogP contribution in [-0.2, 0) is 17.9 Å². The lowest BCUT2D eigenvalue weighted by Gasteiger charge is -2.29. The first-order valence-corrected chi connectivity index (χ1v) is 9.31. The summed E-state index contributed by atoms with van der Waals surface area (Å²) in [5.74, 6) is 0.998. The molecule has 0 aliphatic carbocycles. The second kappa shape index (κ2) is 8.56. The quantitative estimate of drug-likeness (QED) is 0.769. The number of carbonyl (C=O) groups excluding carboxylic acids is 1. The van der Waals surface area contributed by atoms with Crippen molar-refractivity contribution in [3.05, 3.63) is 64.7 Å². The van der Waals surface area contributed by atoms with Gasteiger partial charge in [-0.15, -0.1) is 0 Å². The van der Waals surface area contributed by atoms with Crippen LogP contribution in [0.2, 0.25) is 5.02 Å². The highest BCUT2D eigenvalue weighted by Crippen LogP contribution is 2.22. The molecule has 1 aliphatic heterocycles. The largest absolute Gasteiger partial charge is 0.497 e. The van der Waals surface area contributed by atoms with E-state index in [1.807, 2.05) is 60.5 Å². The van der Waals surface area contributed by atoms with Crippen LogP contribution in [0.15, 0.2) is 48.5 Å². The summed E-state index contributed by atoms with van der Waals surface area (Å²) in [4.78, 5) is 17.3. The zero-order valence-electron chi connectivity index (χ0n) is 15.3. The standard InChI is InChI=1S/C21H25ClN2O2/c1-23-12-4-7-20(23)21(25)24(15-17-5-3-6-18(22)13-17)14-16-8-10-19(26-2)11-9-16/h3,5-6,8-11,13,20H,4,7,12,14-15H2,1-2H3/t20-/m0/s1. The molecule has 2 aromatic rings. The van der Waals surface area contributed by atoms with Crippen molar-refractivity contribution in [2.24, 2.45) is 0 Å². The van der Waals surface area contributed by atoms with Crippen molar-refractivity contribution in [3.63, 3.8) is 0 Å². The molecule has 26 heavy (non-hydrogen) atoms. The van der Waals surface area contributed by atoms with E-state index < -0.39 is 0 Å². The van der Waals surface area contributed by atoms with E-state index in [1.165, 1.54) is 0 Å². The molecule has 1 heterocycles. The Hall–Kier alpha value is -2.04. The second-order valence-corrected chi connectivity index (χ2v) is 7.25. The number of halogens is 1. The third kappa shape index (κ3) is 4.57. The zero-order valence-corrected chi connectivity index (χ0v) is 16.1. The summed E-state index contributed by atoms with van der Waals surface area (Å²) >= 11 is 6.13. The van der Waals surface area contributed by atoms with Crippen LogP contribution in [0.5, 0.6) is 5.75 Å². The number of amides is 1. The highest BCUT2D eigenvalue weighted by molar-refractivity contribution is 6.30. The highest BCUT2D eigenvalue weighted by Gasteiger charge is 2.31. The Morgan fingerprint density at radius 2 is 1.92 bits per heavy atom. The number of methoxy groups -OCH3 is 1. The van der Waals surface area contributed by atoms with Crippen molar-refractivity contribution in [3.8, 4) is 5.75 Å². The van der Waals surface area contributed by atoms with Gasteiger partial charge in [0.05, 0.1) is 13.2 Å². The lowest BCUT2D eigenvalue weighted by atomic mass is 10.1. The lowest BCUT2D eigenvalue weighted by Crippen LogP contribution is -2.43. The van der Waals surface area contributed by atoms with E-state index in [1.54, 1.807) is 7.11 Å². The van der Waals surface area contributed by atoms with Gasteiger partial charge in [-0.05, 0) is 61.8 Å². The highest BCUT2D eigenvalue weighted by atomic mass is 35.5. The van der Waals surface area contributed by atoms with Gasteiger partial charge in [0, 0.05) is 18.1 Å². The van der Waals surface area contributed by atoms with E-state index in [4.69, 9.17) is 16.3 Å². The third-order valence-corrected chi connectivity index (χ3v) is 5.15. The summed E-state index contributed by atoms with van der Waals surface area (Å²) in [7, 11) is 3.68. The average Bonchev–Trinajstić information content (AvgIpc) is 3.07. The van der Waals surface area contributed by atoms with Gasteiger partial charge in [0.1, 0.15) is 5.75 Å². The van der Waals surface area contributed by atoms with Crippen molar-refractivity contribution in [2.75, 3.05) is 20.7 Å². The molecule has 0 unspecified atom stereocenters. The third-order valence-electron chi connectivity index (χ3n) is 4.91. The van der Waals surface area contributed by atoms with Crippen LogP contribution in [0, 0.1) is 0 Å². The molecule has 5 heteroatoms. The Morgan fingerprint density at radius 3 is 2.54 bits per heavy atom. The molecule has 2 aromatic carbocycles. The molecule has 1 amide bonds. The van der Waals surface area contributed by atoms with E-state index >= 15 is 0 Å². The summed E-state index contributed by atoms with van der Waals surface area (Å²) in [5.41, 5.74) is 2.13. The summed E-state index contributed by atoms with van der Waals surface area (Å²) in [6.07, 6.45) is 1.99. The lowest BCUT2D eigenvalue weighted by molar-refractivity contribution is -0.136. The van der Waals surface area contributed by atoms with Crippen LogP contribution in [0.25, 0.3) is 0 Å². The van der Waals surface area contributed by atoms with Crippen molar-refractivity contribution in [1.82, 2.24) is 9.80 Å². The van der Waals surface area contributed by atoms with Crippen molar-refractivity contribution >= 4 is 17.5 Å². The number of nitrogens with zero attached hydrogens (tertiary/aromatic N) is 2. The predicted molar refractivity (Wildman–Crippen MR) is 104 cm³/mol. The van der Waals surface area contributed by atoms with E-state index in [9.17, 15) is 4.79 Å². The number of rotatable bonds is 6. The van der Waals surface area contributed by atoms with Gasteiger partial charge in [-0.2, -0.15) is 0 Å². The maximum Gasteiger partial charge on any atom is 0.240 e. The molecule has 3 rings (SSSR count). The molecular weight excluding hydrogens is 348 g/mol. The zero-order chi connectivity index (χ0) is 18.5. The smallest absolute Gasteiger partial charge is 0.240 e. The molecular formula is C21H25ClN2O2. The monoisotopic (exact) mass is 372 g/mol. The van der Waals surface area contributed by atoms with E-state index in [0.717, 1.165) is 36.3 Å². The van der Waals surface area contributed by atoms with Crippen LogP contribution in [-0.4, -0.2) is 42.5 Å². The number of hydrogen-bond donors (Lipinski definition) is 0. The molecule has 1 aliphatic rings. The van der Waals surface area contributed by atoms with E-state index in [-0.39, 0.29) is 11.9 Å².